The average Bonchev–Trinajstić information content (AvgIpc) is 0.650. The van der Waals surface area contributed by atoms with Gasteiger partial charge < -0.3 is 0 Å². The summed E-state index contributed by atoms with van der Waals surface area (Å²) in [6.07, 6.45) is 0. The Morgan fingerprint density at radius 3 is 1.00 bits per heavy atom. The van der Waals surface area contributed by atoms with E-state index in [-0.39, 0.29) is 0 Å². The summed E-state index contributed by atoms with van der Waals surface area (Å²) in [7, 11) is 7.51. The molecule has 0 saturated carbocycles. The molecule has 0 aromatic carbocycles. The topological polar surface area (TPSA) is 0 Å². The summed E-state index contributed by atoms with van der Waals surface area (Å²) >= 11 is -7.25. The van der Waals surface area contributed by atoms with Crippen LogP contribution in [0.1, 0.15) is 0 Å². The zero-order valence-electron chi connectivity index (χ0n) is 2.34. The van der Waals surface area contributed by atoms with Crippen LogP contribution in [0, 0.1) is 0 Å². The molecular formula is Cl2F3Sb. The van der Waals surface area contributed by atoms with Crippen molar-refractivity contribution < 1.29 is 8.44 Å². The SMILES string of the molecule is [F][Sb]([F])([F])([Cl])[Cl]. The molecule has 0 aromatic rings. The van der Waals surface area contributed by atoms with Gasteiger partial charge in [0.1, 0.15) is 0 Å². The van der Waals surface area contributed by atoms with Gasteiger partial charge >= 0.3 is 43.0 Å². The summed E-state index contributed by atoms with van der Waals surface area (Å²) in [5.41, 5.74) is 0. The van der Waals surface area contributed by atoms with Gasteiger partial charge in [0.15, 0.2) is 0 Å². The van der Waals surface area contributed by atoms with Gasteiger partial charge in [0.2, 0.25) is 0 Å². The zero-order valence-corrected chi connectivity index (χ0v) is 6.40. The molecule has 0 N–H and O–H groups in total. The summed E-state index contributed by atoms with van der Waals surface area (Å²) in [6.45, 7) is 0. The van der Waals surface area contributed by atoms with Gasteiger partial charge in [-0.2, -0.15) is 0 Å². The molecular weight excluding hydrogens is 250 g/mol. The Kier molecular flexibility index (Phi) is 1.59. The molecule has 0 spiro atoms. The predicted octanol–water partition coefficient (Wildman–Crippen LogP) is 2.26. The molecule has 0 fully saturated rings. The van der Waals surface area contributed by atoms with Crippen LogP contribution in [-0.4, -0.2) is 16.9 Å². The molecule has 0 aromatic heterocycles. The van der Waals surface area contributed by atoms with Crippen molar-refractivity contribution in [2.24, 2.45) is 0 Å². The molecule has 0 rings (SSSR count). The fourth-order valence-electron chi connectivity index (χ4n) is 0. The summed E-state index contributed by atoms with van der Waals surface area (Å²) in [4.78, 5) is 0. The van der Waals surface area contributed by atoms with Gasteiger partial charge in [-0.1, -0.05) is 0 Å². The van der Waals surface area contributed by atoms with E-state index in [0.717, 1.165) is 0 Å². The van der Waals surface area contributed by atoms with E-state index in [9.17, 15) is 8.44 Å². The second kappa shape index (κ2) is 1.33. The summed E-state index contributed by atoms with van der Waals surface area (Å²) < 4.78 is 32.3. The first-order chi connectivity index (χ1) is 2.24. The van der Waals surface area contributed by atoms with E-state index in [0.29, 0.717) is 0 Å². The van der Waals surface area contributed by atoms with Crippen molar-refractivity contribution in [1.82, 2.24) is 0 Å². The van der Waals surface area contributed by atoms with E-state index in [1.165, 1.54) is 0 Å². The molecule has 0 radical (unpaired) electrons. The third-order valence-electron chi connectivity index (χ3n) is 0. The monoisotopic (exact) mass is 248 g/mol. The summed E-state index contributed by atoms with van der Waals surface area (Å²) in [5, 5.41) is 0. The Hall–Kier alpha value is 1.19. The molecule has 0 aliphatic rings. The number of rotatable bonds is 0. The van der Waals surface area contributed by atoms with Crippen molar-refractivity contribution in [3.05, 3.63) is 0 Å². The number of halogens is 5. The number of hydrogen-bond acceptors (Lipinski definition) is 0. The third kappa shape index (κ3) is 64.5. The van der Waals surface area contributed by atoms with Crippen LogP contribution in [0.2, 0.25) is 0 Å². The van der Waals surface area contributed by atoms with Gasteiger partial charge in [0, 0.05) is 0 Å². The van der Waals surface area contributed by atoms with Crippen LogP contribution in [0.4, 0.5) is 8.44 Å². The Morgan fingerprint density at radius 2 is 1.00 bits per heavy atom. The molecule has 0 bridgehead atoms. The standard InChI is InChI=1S/2ClH.3FH.Sb/h5*1H;/q;;;;;+5/p-5. The van der Waals surface area contributed by atoms with E-state index in [1.54, 1.807) is 0 Å². The van der Waals surface area contributed by atoms with Crippen LogP contribution in [-0.2, 0) is 0 Å². The fourth-order valence-corrected chi connectivity index (χ4v) is 0. The van der Waals surface area contributed by atoms with E-state index in [4.69, 9.17) is 0 Å². The van der Waals surface area contributed by atoms with Gasteiger partial charge in [-0.25, -0.2) is 0 Å². The fraction of sp³-hybridized carbons (Fsp3) is 0. The molecule has 0 amide bonds. The maximum absolute atomic E-state index is 10.8. The van der Waals surface area contributed by atoms with Crippen LogP contribution in [0.5, 0.6) is 0 Å². The van der Waals surface area contributed by atoms with Gasteiger partial charge in [0.05, 0.1) is 0 Å². The van der Waals surface area contributed by atoms with Crippen molar-refractivity contribution in [2.45, 2.75) is 0 Å². The van der Waals surface area contributed by atoms with Gasteiger partial charge in [-0.05, 0) is 0 Å². The first-order valence-electron chi connectivity index (χ1n) is 0.845. The second-order valence-electron chi connectivity index (χ2n) is 0.639. The van der Waals surface area contributed by atoms with Crippen LogP contribution >= 0.6 is 17.7 Å². The average molecular weight is 250 g/mol. The van der Waals surface area contributed by atoms with Crippen LogP contribution in [0.25, 0.3) is 0 Å². The van der Waals surface area contributed by atoms with Gasteiger partial charge in [0.25, 0.3) is 0 Å². The van der Waals surface area contributed by atoms with E-state index in [1.807, 2.05) is 0 Å². The van der Waals surface area contributed by atoms with Crippen molar-refractivity contribution in [1.29, 1.82) is 0 Å². The molecule has 6 heavy (non-hydrogen) atoms. The summed E-state index contributed by atoms with van der Waals surface area (Å²) in [6, 6.07) is 0. The molecule has 6 heteroatoms. The minimum absolute atomic E-state index is 3.75. The molecule has 0 aliphatic heterocycles. The summed E-state index contributed by atoms with van der Waals surface area (Å²) in [5.74, 6) is 0. The minimum atomic E-state index is -7.25. The quantitative estimate of drug-likeness (QED) is 0.578. The Morgan fingerprint density at radius 1 is 1.00 bits per heavy atom. The van der Waals surface area contributed by atoms with E-state index in [2.05, 4.69) is 17.7 Å². The Bertz CT molecular complexity index is 42.0. The van der Waals surface area contributed by atoms with Gasteiger partial charge in [-0.3, -0.25) is 0 Å². The van der Waals surface area contributed by atoms with Crippen LogP contribution in [0.3, 0.4) is 0 Å². The third-order valence-corrected chi connectivity index (χ3v) is 0. The van der Waals surface area contributed by atoms with Crippen molar-refractivity contribution >= 4 is 34.5 Å². The Labute approximate surface area is 43.0 Å². The van der Waals surface area contributed by atoms with Crippen molar-refractivity contribution in [3.8, 4) is 0 Å². The van der Waals surface area contributed by atoms with Crippen LogP contribution < -0.4 is 0 Å². The molecule has 40 valence electrons. The molecule has 0 aliphatic carbocycles. The first-order valence-corrected chi connectivity index (χ1v) is 10.2. The molecule has 0 atom stereocenters. The van der Waals surface area contributed by atoms with Crippen molar-refractivity contribution in [2.75, 3.05) is 0 Å². The normalized spacial score (nSPS) is 19.2. The molecule has 0 nitrogen and oxygen atoms in total. The molecule has 0 heterocycles. The zero-order chi connectivity index (χ0) is 5.45. The van der Waals surface area contributed by atoms with E-state index < -0.39 is 16.9 Å². The molecule has 0 unspecified atom stereocenters. The van der Waals surface area contributed by atoms with Crippen LogP contribution in [0.15, 0.2) is 0 Å². The second-order valence-corrected chi connectivity index (χ2v) is 12.9. The maximum atomic E-state index is 10.8. The first kappa shape index (κ1) is 7.19. The van der Waals surface area contributed by atoms with E-state index >= 15 is 0 Å². The van der Waals surface area contributed by atoms with Gasteiger partial charge in [-0.15, -0.1) is 0 Å². The number of hydrogen-bond donors (Lipinski definition) is 0. The van der Waals surface area contributed by atoms with Crippen molar-refractivity contribution in [3.63, 3.8) is 0 Å². The molecule has 0 saturated heterocycles. The predicted molar refractivity (Wildman–Crippen MR) is 20.8 cm³/mol. The Balaban J connectivity index is 3.73.